The predicted molar refractivity (Wildman–Crippen MR) is 112 cm³/mol. The number of anilines is 1. The molecule has 2 N–H and O–H groups in total. The number of ether oxygens (including phenoxy) is 1. The molecule has 1 aromatic heterocycles. The highest BCUT2D eigenvalue weighted by Gasteiger charge is 2.19. The summed E-state index contributed by atoms with van der Waals surface area (Å²) in [4.78, 5) is 27.5. The van der Waals surface area contributed by atoms with E-state index in [1.54, 1.807) is 18.2 Å². The second-order valence-electron chi connectivity index (χ2n) is 6.44. The number of benzene rings is 2. The van der Waals surface area contributed by atoms with Crippen LogP contribution >= 0.6 is 23.2 Å². The zero-order chi connectivity index (χ0) is 20.1. The van der Waals surface area contributed by atoms with E-state index in [0.29, 0.717) is 17.1 Å². The molecule has 1 unspecified atom stereocenters. The van der Waals surface area contributed by atoms with Crippen LogP contribution in [0.4, 0.5) is 5.69 Å². The van der Waals surface area contributed by atoms with Crippen LogP contribution in [0.25, 0.3) is 10.9 Å². The number of carbonyl (C=O) groups is 2. The molecule has 5 nitrogen and oxygen atoms in total. The van der Waals surface area contributed by atoms with Crippen LogP contribution in [-0.4, -0.2) is 23.0 Å². The number of esters is 1. The fourth-order valence-corrected chi connectivity index (χ4v) is 3.25. The Bertz CT molecular complexity index is 1000. The first kappa shape index (κ1) is 20.2. The Labute approximate surface area is 173 Å². The molecule has 0 spiro atoms. The summed E-state index contributed by atoms with van der Waals surface area (Å²) < 4.78 is 5.23. The summed E-state index contributed by atoms with van der Waals surface area (Å²) >= 11 is 12.0. The van der Waals surface area contributed by atoms with Crippen LogP contribution in [0, 0.1) is 0 Å². The van der Waals surface area contributed by atoms with Crippen molar-refractivity contribution in [1.82, 2.24) is 4.98 Å². The van der Waals surface area contributed by atoms with E-state index in [1.165, 1.54) is 6.92 Å². The van der Waals surface area contributed by atoms with Crippen molar-refractivity contribution in [3.63, 3.8) is 0 Å². The molecule has 0 fully saturated rings. The number of aromatic nitrogens is 1. The van der Waals surface area contributed by atoms with Gasteiger partial charge in [0.25, 0.3) is 5.91 Å². The van der Waals surface area contributed by atoms with Gasteiger partial charge in [-0.1, -0.05) is 47.5 Å². The van der Waals surface area contributed by atoms with Crippen molar-refractivity contribution in [2.75, 3.05) is 5.32 Å². The number of nitrogens with one attached hydrogen (secondary N) is 2. The molecule has 1 heterocycles. The molecular formula is C21H20Cl2N2O3. The van der Waals surface area contributed by atoms with E-state index in [2.05, 4.69) is 10.3 Å². The van der Waals surface area contributed by atoms with Crippen LogP contribution < -0.4 is 5.32 Å². The van der Waals surface area contributed by atoms with E-state index in [1.807, 2.05) is 30.5 Å². The number of aryl methyl sites for hydroxylation is 1. The van der Waals surface area contributed by atoms with E-state index in [-0.39, 0.29) is 11.4 Å². The highest BCUT2D eigenvalue weighted by Crippen LogP contribution is 2.29. The number of rotatable bonds is 7. The van der Waals surface area contributed by atoms with Gasteiger partial charge >= 0.3 is 5.97 Å². The second kappa shape index (κ2) is 9.13. The molecule has 0 aliphatic rings. The van der Waals surface area contributed by atoms with Crippen molar-refractivity contribution in [2.45, 2.75) is 32.3 Å². The van der Waals surface area contributed by atoms with Gasteiger partial charge < -0.3 is 15.0 Å². The van der Waals surface area contributed by atoms with Gasteiger partial charge in [0.2, 0.25) is 0 Å². The van der Waals surface area contributed by atoms with Crippen LogP contribution in [0.2, 0.25) is 10.0 Å². The number of hydrogen-bond acceptors (Lipinski definition) is 3. The molecule has 1 amide bonds. The van der Waals surface area contributed by atoms with Gasteiger partial charge in [-0.25, -0.2) is 0 Å². The van der Waals surface area contributed by atoms with Crippen molar-refractivity contribution in [3.05, 3.63) is 64.3 Å². The molecule has 2 aromatic carbocycles. The molecule has 28 heavy (non-hydrogen) atoms. The smallest absolute Gasteiger partial charge is 0.306 e. The number of aromatic amines is 1. The first-order valence-corrected chi connectivity index (χ1v) is 9.70. The van der Waals surface area contributed by atoms with Crippen LogP contribution in [0.15, 0.2) is 48.7 Å². The van der Waals surface area contributed by atoms with Gasteiger partial charge in [0, 0.05) is 23.5 Å². The summed E-state index contributed by atoms with van der Waals surface area (Å²) in [6.45, 7) is 1.52. The van der Waals surface area contributed by atoms with Crippen molar-refractivity contribution in [2.24, 2.45) is 0 Å². The summed E-state index contributed by atoms with van der Waals surface area (Å²) in [7, 11) is 0. The molecular weight excluding hydrogens is 399 g/mol. The molecule has 3 rings (SSSR count). The van der Waals surface area contributed by atoms with Crippen LogP contribution in [0.3, 0.4) is 0 Å². The number of amides is 1. The van der Waals surface area contributed by atoms with Crippen LogP contribution in [0.1, 0.15) is 25.3 Å². The maximum absolute atomic E-state index is 12.2. The zero-order valence-corrected chi connectivity index (χ0v) is 16.8. The average Bonchev–Trinajstić information content (AvgIpc) is 3.08. The third kappa shape index (κ3) is 4.86. The number of para-hydroxylation sites is 1. The first-order chi connectivity index (χ1) is 13.5. The summed E-state index contributed by atoms with van der Waals surface area (Å²) in [6, 6.07) is 12.9. The minimum atomic E-state index is -0.935. The maximum Gasteiger partial charge on any atom is 0.306 e. The summed E-state index contributed by atoms with van der Waals surface area (Å²) in [5.41, 5.74) is 2.61. The molecule has 0 aliphatic heterocycles. The van der Waals surface area contributed by atoms with Crippen molar-refractivity contribution in [1.29, 1.82) is 0 Å². The minimum Gasteiger partial charge on any atom is -0.453 e. The molecule has 0 saturated heterocycles. The number of hydrogen-bond donors (Lipinski definition) is 2. The highest BCUT2D eigenvalue weighted by atomic mass is 35.5. The zero-order valence-electron chi connectivity index (χ0n) is 15.3. The quantitative estimate of drug-likeness (QED) is 0.506. The largest absolute Gasteiger partial charge is 0.453 e. The topological polar surface area (TPSA) is 71.2 Å². The molecule has 0 bridgehead atoms. The van der Waals surface area contributed by atoms with E-state index in [0.717, 1.165) is 22.9 Å². The third-order valence-electron chi connectivity index (χ3n) is 4.39. The van der Waals surface area contributed by atoms with Crippen molar-refractivity contribution >= 4 is 51.7 Å². The van der Waals surface area contributed by atoms with E-state index < -0.39 is 18.0 Å². The Hall–Kier alpha value is -2.50. The first-order valence-electron chi connectivity index (χ1n) is 8.95. The highest BCUT2D eigenvalue weighted by molar-refractivity contribution is 6.44. The number of carbonyl (C=O) groups excluding carboxylic acids is 2. The van der Waals surface area contributed by atoms with Gasteiger partial charge in [-0.15, -0.1) is 0 Å². The van der Waals surface area contributed by atoms with Gasteiger partial charge in [0.1, 0.15) is 0 Å². The molecule has 1 atom stereocenters. The van der Waals surface area contributed by atoms with Gasteiger partial charge in [0.05, 0.1) is 15.7 Å². The number of H-pyrrole nitrogens is 1. The Balaban J connectivity index is 1.47. The lowest BCUT2D eigenvalue weighted by atomic mass is 10.1. The van der Waals surface area contributed by atoms with E-state index >= 15 is 0 Å². The fourth-order valence-electron chi connectivity index (χ4n) is 2.91. The lowest BCUT2D eigenvalue weighted by Gasteiger charge is -2.14. The Kier molecular flexibility index (Phi) is 6.60. The monoisotopic (exact) mass is 418 g/mol. The van der Waals surface area contributed by atoms with Gasteiger partial charge in [-0.3, -0.25) is 9.59 Å². The van der Waals surface area contributed by atoms with Crippen LogP contribution in [-0.2, 0) is 20.7 Å². The lowest BCUT2D eigenvalue weighted by molar-refractivity contribution is -0.153. The summed E-state index contributed by atoms with van der Waals surface area (Å²) in [6.07, 6.45) is 2.64. The van der Waals surface area contributed by atoms with Crippen molar-refractivity contribution < 1.29 is 14.3 Å². The summed E-state index contributed by atoms with van der Waals surface area (Å²) in [5, 5.41) is 4.35. The number of halogens is 2. The lowest BCUT2D eigenvalue weighted by Crippen LogP contribution is -2.30. The van der Waals surface area contributed by atoms with E-state index in [4.69, 9.17) is 27.9 Å². The minimum absolute atomic E-state index is 0.231. The molecule has 0 saturated carbocycles. The Morgan fingerprint density at radius 3 is 2.75 bits per heavy atom. The van der Waals surface area contributed by atoms with Crippen molar-refractivity contribution in [3.8, 4) is 0 Å². The predicted octanol–water partition coefficient (Wildman–Crippen LogP) is 5.37. The molecule has 146 valence electrons. The Morgan fingerprint density at radius 1 is 1.14 bits per heavy atom. The number of fused-ring (bicyclic) bond motifs is 1. The Morgan fingerprint density at radius 2 is 1.93 bits per heavy atom. The normalized spacial score (nSPS) is 12.0. The summed E-state index contributed by atoms with van der Waals surface area (Å²) in [5.74, 6) is -0.881. The van der Waals surface area contributed by atoms with E-state index in [9.17, 15) is 9.59 Å². The maximum atomic E-state index is 12.2. The average molecular weight is 419 g/mol. The van der Waals surface area contributed by atoms with Gasteiger partial charge in [0.15, 0.2) is 6.10 Å². The molecule has 0 radical (unpaired) electrons. The standard InChI is InChI=1S/C21H20Cl2N2O3/c1-13(21(27)25-18-10-5-8-16(22)20(18)23)28-19(26)11-4-6-14-12-24-17-9-3-2-7-15(14)17/h2-3,5,7-10,12-13,24H,4,6,11H2,1H3,(H,25,27). The molecule has 7 heteroatoms. The van der Waals surface area contributed by atoms with Gasteiger partial charge in [-0.05, 0) is 43.5 Å². The SMILES string of the molecule is CC(OC(=O)CCCc1c[nH]c2ccccc12)C(=O)Nc1cccc(Cl)c1Cl. The third-order valence-corrected chi connectivity index (χ3v) is 5.21. The van der Waals surface area contributed by atoms with Crippen LogP contribution in [0.5, 0.6) is 0 Å². The van der Waals surface area contributed by atoms with Gasteiger partial charge in [-0.2, -0.15) is 0 Å². The second-order valence-corrected chi connectivity index (χ2v) is 7.22. The fraction of sp³-hybridized carbons (Fsp3) is 0.238. The molecule has 0 aliphatic carbocycles. The molecule has 3 aromatic rings.